The summed E-state index contributed by atoms with van der Waals surface area (Å²) in [5.41, 5.74) is 0. The van der Waals surface area contributed by atoms with Crippen LogP contribution in [-0.2, 0) is 9.59 Å². The molecule has 0 aromatic carbocycles. The maximum Gasteiger partial charge on any atom is 0.239 e. The standard InChI is InChI=1S/C10H19N3O3S2/c1-7(9(16)11-5-6-14)18-10(17)13(8(2)15)12(3)4/h7,14H,5-6H2,1-4H3,(H,11,16). The van der Waals surface area contributed by atoms with Gasteiger partial charge in [0, 0.05) is 27.6 Å². The largest absolute Gasteiger partial charge is 0.395 e. The van der Waals surface area contributed by atoms with E-state index in [-0.39, 0.29) is 25.0 Å². The minimum Gasteiger partial charge on any atom is -0.395 e. The first-order chi connectivity index (χ1) is 8.31. The van der Waals surface area contributed by atoms with E-state index < -0.39 is 5.25 Å². The van der Waals surface area contributed by atoms with Crippen LogP contribution in [0.1, 0.15) is 13.8 Å². The van der Waals surface area contributed by atoms with Crippen LogP contribution in [0.5, 0.6) is 0 Å². The van der Waals surface area contributed by atoms with Gasteiger partial charge in [0.05, 0.1) is 11.9 Å². The van der Waals surface area contributed by atoms with Crippen molar-refractivity contribution in [1.82, 2.24) is 15.3 Å². The number of amides is 2. The van der Waals surface area contributed by atoms with E-state index in [4.69, 9.17) is 17.3 Å². The molecule has 0 aliphatic rings. The number of hydrogen-bond acceptors (Lipinski definition) is 6. The molecular weight excluding hydrogens is 274 g/mol. The van der Waals surface area contributed by atoms with E-state index in [2.05, 4.69) is 5.32 Å². The molecule has 0 aromatic heterocycles. The minimum absolute atomic E-state index is 0.106. The molecule has 6 nitrogen and oxygen atoms in total. The number of hydrazine groups is 1. The minimum atomic E-state index is -0.425. The molecule has 0 saturated carbocycles. The van der Waals surface area contributed by atoms with Crippen molar-refractivity contribution in [3.05, 3.63) is 0 Å². The molecule has 0 aromatic rings. The summed E-state index contributed by atoms with van der Waals surface area (Å²) >= 11 is 6.26. The van der Waals surface area contributed by atoms with Gasteiger partial charge in [-0.2, -0.15) is 0 Å². The number of carbonyl (C=O) groups excluding carboxylic acids is 2. The van der Waals surface area contributed by atoms with E-state index in [1.54, 1.807) is 26.0 Å². The van der Waals surface area contributed by atoms with E-state index in [0.717, 1.165) is 11.8 Å². The number of thiocarbonyl (C=S) groups is 1. The number of thioether (sulfide) groups is 1. The maximum atomic E-state index is 11.6. The highest BCUT2D eigenvalue weighted by atomic mass is 32.2. The number of aliphatic hydroxyl groups excluding tert-OH is 1. The van der Waals surface area contributed by atoms with E-state index in [9.17, 15) is 9.59 Å². The molecule has 104 valence electrons. The second kappa shape index (κ2) is 8.41. The summed E-state index contributed by atoms with van der Waals surface area (Å²) in [5, 5.41) is 13.6. The Kier molecular flexibility index (Phi) is 8.08. The fraction of sp³-hybridized carbons (Fsp3) is 0.700. The molecule has 0 fully saturated rings. The summed E-state index contributed by atoms with van der Waals surface area (Å²) in [4.78, 5) is 23.0. The van der Waals surface area contributed by atoms with Gasteiger partial charge in [-0.15, -0.1) is 0 Å². The summed E-state index contributed by atoms with van der Waals surface area (Å²) < 4.78 is 0.319. The van der Waals surface area contributed by atoms with Crippen LogP contribution in [0, 0.1) is 0 Å². The summed E-state index contributed by atoms with van der Waals surface area (Å²) in [5.74, 6) is -0.431. The molecule has 0 saturated heterocycles. The molecule has 18 heavy (non-hydrogen) atoms. The van der Waals surface area contributed by atoms with Gasteiger partial charge >= 0.3 is 0 Å². The van der Waals surface area contributed by atoms with Crippen LogP contribution < -0.4 is 5.32 Å². The quantitative estimate of drug-likeness (QED) is 0.541. The number of rotatable bonds is 5. The molecule has 1 unspecified atom stereocenters. The second-order valence-electron chi connectivity index (χ2n) is 3.72. The molecular formula is C10H19N3O3S2. The van der Waals surface area contributed by atoms with Gasteiger partial charge in [-0.05, 0) is 6.92 Å². The van der Waals surface area contributed by atoms with Gasteiger partial charge in [0.2, 0.25) is 11.8 Å². The van der Waals surface area contributed by atoms with Gasteiger partial charge in [-0.3, -0.25) is 9.59 Å². The van der Waals surface area contributed by atoms with Crippen LogP contribution in [0.3, 0.4) is 0 Å². The first-order valence-corrected chi connectivity index (χ1v) is 6.67. The highest BCUT2D eigenvalue weighted by Crippen LogP contribution is 2.17. The van der Waals surface area contributed by atoms with Crippen LogP contribution in [0.25, 0.3) is 0 Å². The number of hydrogen-bond donors (Lipinski definition) is 2. The molecule has 8 heteroatoms. The highest BCUT2D eigenvalue weighted by molar-refractivity contribution is 8.23. The third-order valence-electron chi connectivity index (χ3n) is 1.93. The van der Waals surface area contributed by atoms with Crippen molar-refractivity contribution in [2.45, 2.75) is 19.1 Å². The highest BCUT2D eigenvalue weighted by Gasteiger charge is 2.22. The molecule has 2 N–H and O–H groups in total. The lowest BCUT2D eigenvalue weighted by Gasteiger charge is -2.28. The van der Waals surface area contributed by atoms with Crippen LogP contribution in [0.15, 0.2) is 0 Å². The lowest BCUT2D eigenvalue weighted by Crippen LogP contribution is -2.44. The first-order valence-electron chi connectivity index (χ1n) is 5.38. The number of nitrogens with one attached hydrogen (secondary N) is 1. The first kappa shape index (κ1) is 17.3. The molecule has 0 radical (unpaired) electrons. The van der Waals surface area contributed by atoms with Gasteiger partial charge in [0.25, 0.3) is 0 Å². The van der Waals surface area contributed by atoms with Gasteiger partial charge in [-0.25, -0.2) is 10.0 Å². The predicted octanol–water partition coefficient (Wildman–Crippen LogP) is -0.173. The van der Waals surface area contributed by atoms with Crippen molar-refractivity contribution < 1.29 is 14.7 Å². The smallest absolute Gasteiger partial charge is 0.239 e. The molecule has 2 amide bonds. The summed E-state index contributed by atoms with van der Waals surface area (Å²) in [7, 11) is 3.40. The Morgan fingerprint density at radius 1 is 1.44 bits per heavy atom. The maximum absolute atomic E-state index is 11.6. The zero-order valence-corrected chi connectivity index (χ0v) is 12.6. The van der Waals surface area contributed by atoms with Gasteiger partial charge < -0.3 is 10.4 Å². The van der Waals surface area contributed by atoms with E-state index in [1.165, 1.54) is 11.9 Å². The Labute approximate surface area is 117 Å². The molecule has 0 bridgehead atoms. The summed E-state index contributed by atoms with van der Waals surface area (Å²) in [6, 6.07) is 0. The van der Waals surface area contributed by atoms with Gasteiger partial charge in [0.15, 0.2) is 4.32 Å². The Morgan fingerprint density at radius 2 is 2.00 bits per heavy atom. The van der Waals surface area contributed by atoms with Crippen LogP contribution in [0.4, 0.5) is 0 Å². The number of aliphatic hydroxyl groups is 1. The SMILES string of the molecule is CC(=O)N(C(=S)SC(C)C(=O)NCCO)N(C)C. The Morgan fingerprint density at radius 3 is 2.39 bits per heavy atom. The fourth-order valence-corrected chi connectivity index (χ4v) is 2.76. The molecule has 0 rings (SSSR count). The van der Waals surface area contributed by atoms with E-state index in [0.29, 0.717) is 4.32 Å². The topological polar surface area (TPSA) is 72.9 Å². The van der Waals surface area contributed by atoms with Crippen LogP contribution >= 0.6 is 24.0 Å². The second-order valence-corrected chi connectivity index (χ2v) is 5.69. The number of nitrogens with zero attached hydrogens (tertiary/aromatic N) is 2. The third kappa shape index (κ3) is 5.76. The van der Waals surface area contributed by atoms with Gasteiger partial charge in [0.1, 0.15) is 0 Å². The lowest BCUT2D eigenvalue weighted by molar-refractivity contribution is -0.133. The molecule has 0 heterocycles. The third-order valence-corrected chi connectivity index (χ3v) is 3.33. The van der Waals surface area contributed by atoms with E-state index in [1.807, 2.05) is 0 Å². The summed E-state index contributed by atoms with van der Waals surface area (Å²) in [6.45, 7) is 3.20. The molecule has 0 spiro atoms. The Bertz CT molecular complexity index is 323. The van der Waals surface area contributed by atoms with Crippen molar-refractivity contribution in [2.75, 3.05) is 27.2 Å². The number of carbonyl (C=O) groups is 2. The zero-order valence-electron chi connectivity index (χ0n) is 11.0. The average molecular weight is 293 g/mol. The van der Waals surface area contributed by atoms with Crippen molar-refractivity contribution in [3.63, 3.8) is 0 Å². The van der Waals surface area contributed by atoms with Crippen LogP contribution in [-0.4, -0.2) is 63.8 Å². The lowest BCUT2D eigenvalue weighted by atomic mass is 10.4. The van der Waals surface area contributed by atoms with Crippen molar-refractivity contribution >= 4 is 40.1 Å². The Hall–Kier alpha value is -0.700. The van der Waals surface area contributed by atoms with Crippen molar-refractivity contribution in [3.8, 4) is 0 Å². The monoisotopic (exact) mass is 293 g/mol. The van der Waals surface area contributed by atoms with Crippen LogP contribution in [0.2, 0.25) is 0 Å². The summed E-state index contributed by atoms with van der Waals surface area (Å²) in [6.07, 6.45) is 0. The zero-order chi connectivity index (χ0) is 14.3. The Balaban J connectivity index is 4.45. The van der Waals surface area contributed by atoms with Crippen molar-refractivity contribution in [2.24, 2.45) is 0 Å². The average Bonchev–Trinajstić information content (AvgIpc) is 2.24. The van der Waals surface area contributed by atoms with Gasteiger partial charge in [-0.1, -0.05) is 24.0 Å². The molecule has 1 atom stereocenters. The molecule has 0 aliphatic carbocycles. The fourth-order valence-electron chi connectivity index (χ4n) is 1.15. The van der Waals surface area contributed by atoms with E-state index >= 15 is 0 Å². The normalized spacial score (nSPS) is 12.1. The predicted molar refractivity (Wildman–Crippen MR) is 76.0 cm³/mol. The molecule has 0 aliphatic heterocycles. The van der Waals surface area contributed by atoms with Crippen molar-refractivity contribution in [1.29, 1.82) is 0 Å².